The van der Waals surface area contributed by atoms with Crippen LogP contribution in [0, 0.1) is 5.92 Å². The predicted molar refractivity (Wildman–Crippen MR) is 75.1 cm³/mol. The quantitative estimate of drug-likeness (QED) is 0.778. The zero-order valence-electron chi connectivity index (χ0n) is 11.4. The lowest BCUT2D eigenvalue weighted by atomic mass is 10.1. The average molecular weight is 273 g/mol. The fourth-order valence-corrected chi connectivity index (χ4v) is 3.09. The van der Waals surface area contributed by atoms with Crippen molar-refractivity contribution in [3.05, 3.63) is 40.8 Å². The monoisotopic (exact) mass is 273 g/mol. The van der Waals surface area contributed by atoms with Crippen molar-refractivity contribution in [2.24, 2.45) is 5.92 Å². The minimum Gasteiger partial charge on any atom is -0.338 e. The summed E-state index contributed by atoms with van der Waals surface area (Å²) in [6, 6.07) is 3.26. The Hall–Kier alpha value is -1.91. The van der Waals surface area contributed by atoms with Crippen molar-refractivity contribution in [2.45, 2.75) is 38.3 Å². The lowest BCUT2D eigenvalue weighted by Crippen LogP contribution is -2.42. The van der Waals surface area contributed by atoms with E-state index in [-0.39, 0.29) is 23.4 Å². The second kappa shape index (κ2) is 5.61. The standard InChI is InChI=1S/C15H19N3O2/c19-14-8-3-9-16-18(14)11-13-7-4-10-17(13)15(20)12-5-1-2-6-12/h1-3,8-9,12-13H,4-7,10-11H2. The molecule has 0 radical (unpaired) electrons. The first-order chi connectivity index (χ1) is 9.75. The van der Waals surface area contributed by atoms with Gasteiger partial charge in [0.2, 0.25) is 5.91 Å². The van der Waals surface area contributed by atoms with E-state index in [1.165, 1.54) is 10.7 Å². The van der Waals surface area contributed by atoms with Gasteiger partial charge >= 0.3 is 0 Å². The molecule has 5 heteroatoms. The maximum Gasteiger partial charge on any atom is 0.266 e. The summed E-state index contributed by atoms with van der Waals surface area (Å²) in [6.45, 7) is 1.31. The molecule has 5 nitrogen and oxygen atoms in total. The maximum absolute atomic E-state index is 12.5. The zero-order valence-corrected chi connectivity index (χ0v) is 11.4. The van der Waals surface area contributed by atoms with Gasteiger partial charge < -0.3 is 4.90 Å². The summed E-state index contributed by atoms with van der Waals surface area (Å²) in [5.41, 5.74) is -0.102. The molecule has 0 bridgehead atoms. The van der Waals surface area contributed by atoms with E-state index in [1.54, 1.807) is 12.3 Å². The Morgan fingerprint density at radius 1 is 1.35 bits per heavy atom. The van der Waals surface area contributed by atoms with Crippen molar-refractivity contribution >= 4 is 5.91 Å². The Kier molecular flexibility index (Phi) is 3.67. The number of rotatable bonds is 3. The smallest absolute Gasteiger partial charge is 0.266 e. The number of carbonyl (C=O) groups is 1. The molecule has 1 unspecified atom stereocenters. The van der Waals surface area contributed by atoms with Crippen LogP contribution >= 0.6 is 0 Å². The highest BCUT2D eigenvalue weighted by molar-refractivity contribution is 5.80. The highest BCUT2D eigenvalue weighted by Gasteiger charge is 2.33. The van der Waals surface area contributed by atoms with Crippen LogP contribution in [0.25, 0.3) is 0 Å². The molecular formula is C15H19N3O2. The van der Waals surface area contributed by atoms with Crippen molar-refractivity contribution in [1.29, 1.82) is 0 Å². The molecule has 3 rings (SSSR count). The van der Waals surface area contributed by atoms with E-state index in [9.17, 15) is 9.59 Å². The van der Waals surface area contributed by atoms with Crippen LogP contribution in [0.4, 0.5) is 0 Å². The second-order valence-electron chi connectivity index (χ2n) is 5.51. The molecule has 0 aromatic carbocycles. The SMILES string of the molecule is O=C(C1CC=CC1)N1CCCC1Cn1ncccc1=O. The lowest BCUT2D eigenvalue weighted by molar-refractivity contribution is -0.136. The highest BCUT2D eigenvalue weighted by Crippen LogP contribution is 2.26. The average Bonchev–Trinajstić information content (AvgIpc) is 3.11. The Bertz CT molecular complexity index is 570. The predicted octanol–water partition coefficient (Wildman–Crippen LogP) is 1.20. The molecule has 1 atom stereocenters. The van der Waals surface area contributed by atoms with Gasteiger partial charge in [-0.15, -0.1) is 0 Å². The molecule has 1 saturated heterocycles. The third kappa shape index (κ3) is 2.53. The minimum absolute atomic E-state index is 0.102. The van der Waals surface area contributed by atoms with E-state index in [0.717, 1.165) is 32.2 Å². The number of nitrogens with zero attached hydrogens (tertiary/aromatic N) is 3. The molecule has 1 aromatic rings. The van der Waals surface area contributed by atoms with Crippen LogP contribution in [0.5, 0.6) is 0 Å². The van der Waals surface area contributed by atoms with Gasteiger partial charge in [0.15, 0.2) is 0 Å². The molecule has 1 aromatic heterocycles. The molecule has 1 aliphatic carbocycles. The van der Waals surface area contributed by atoms with Crippen LogP contribution in [-0.2, 0) is 11.3 Å². The van der Waals surface area contributed by atoms with Crippen LogP contribution in [0.15, 0.2) is 35.3 Å². The van der Waals surface area contributed by atoms with Crippen LogP contribution < -0.4 is 5.56 Å². The van der Waals surface area contributed by atoms with Gasteiger partial charge in [-0.25, -0.2) is 4.68 Å². The Morgan fingerprint density at radius 2 is 2.15 bits per heavy atom. The summed E-state index contributed by atoms with van der Waals surface area (Å²) in [5.74, 6) is 0.345. The summed E-state index contributed by atoms with van der Waals surface area (Å²) in [6.07, 6.45) is 9.45. The molecule has 0 saturated carbocycles. The van der Waals surface area contributed by atoms with Crippen LogP contribution in [0.3, 0.4) is 0 Å². The van der Waals surface area contributed by atoms with E-state index in [1.807, 2.05) is 4.90 Å². The number of hydrogen-bond donors (Lipinski definition) is 0. The third-order valence-corrected chi connectivity index (χ3v) is 4.19. The van der Waals surface area contributed by atoms with Gasteiger partial charge in [0, 0.05) is 24.7 Å². The summed E-state index contributed by atoms with van der Waals surface area (Å²) in [4.78, 5) is 26.2. The molecule has 1 aliphatic heterocycles. The van der Waals surface area contributed by atoms with Gasteiger partial charge in [-0.05, 0) is 31.7 Å². The molecule has 2 heterocycles. The normalized spacial score (nSPS) is 22.6. The molecule has 106 valence electrons. The minimum atomic E-state index is -0.102. The Balaban J connectivity index is 1.71. The summed E-state index contributed by atoms with van der Waals surface area (Å²) >= 11 is 0. The van der Waals surface area contributed by atoms with Gasteiger partial charge in [-0.3, -0.25) is 9.59 Å². The van der Waals surface area contributed by atoms with Gasteiger partial charge in [0.05, 0.1) is 12.6 Å². The fraction of sp³-hybridized carbons (Fsp3) is 0.533. The summed E-state index contributed by atoms with van der Waals surface area (Å²) in [7, 11) is 0. The van der Waals surface area contributed by atoms with Crippen molar-refractivity contribution in [3.8, 4) is 0 Å². The van der Waals surface area contributed by atoms with Crippen LogP contribution in [0.1, 0.15) is 25.7 Å². The molecule has 0 spiro atoms. The first-order valence-electron chi connectivity index (χ1n) is 7.23. The van der Waals surface area contributed by atoms with E-state index < -0.39 is 0 Å². The molecule has 1 amide bonds. The topological polar surface area (TPSA) is 55.2 Å². The fourth-order valence-electron chi connectivity index (χ4n) is 3.09. The van der Waals surface area contributed by atoms with Crippen molar-refractivity contribution in [3.63, 3.8) is 0 Å². The van der Waals surface area contributed by atoms with Gasteiger partial charge in [0.1, 0.15) is 0 Å². The molecule has 20 heavy (non-hydrogen) atoms. The maximum atomic E-state index is 12.5. The van der Waals surface area contributed by atoms with Crippen LogP contribution in [0.2, 0.25) is 0 Å². The van der Waals surface area contributed by atoms with Crippen molar-refractivity contribution in [1.82, 2.24) is 14.7 Å². The summed E-state index contributed by atoms with van der Waals surface area (Å²) < 4.78 is 1.46. The first-order valence-corrected chi connectivity index (χ1v) is 7.23. The Labute approximate surface area is 117 Å². The van der Waals surface area contributed by atoms with E-state index >= 15 is 0 Å². The Morgan fingerprint density at radius 3 is 2.90 bits per heavy atom. The molecule has 1 fully saturated rings. The van der Waals surface area contributed by atoms with Gasteiger partial charge in [-0.2, -0.15) is 5.10 Å². The third-order valence-electron chi connectivity index (χ3n) is 4.19. The van der Waals surface area contributed by atoms with E-state index in [4.69, 9.17) is 0 Å². The van der Waals surface area contributed by atoms with E-state index in [0.29, 0.717) is 6.54 Å². The highest BCUT2D eigenvalue weighted by atomic mass is 16.2. The first kappa shape index (κ1) is 13.1. The van der Waals surface area contributed by atoms with Crippen LogP contribution in [-0.4, -0.2) is 33.2 Å². The largest absolute Gasteiger partial charge is 0.338 e. The van der Waals surface area contributed by atoms with Crippen molar-refractivity contribution in [2.75, 3.05) is 6.54 Å². The zero-order chi connectivity index (χ0) is 13.9. The lowest BCUT2D eigenvalue weighted by Gasteiger charge is -2.27. The number of carbonyl (C=O) groups excluding carboxylic acids is 1. The number of allylic oxidation sites excluding steroid dienone is 2. The summed E-state index contributed by atoms with van der Waals surface area (Å²) in [5, 5.41) is 4.09. The number of amides is 1. The van der Waals surface area contributed by atoms with Gasteiger partial charge in [-0.1, -0.05) is 12.2 Å². The van der Waals surface area contributed by atoms with E-state index in [2.05, 4.69) is 17.3 Å². The molecule has 2 aliphatic rings. The number of aromatic nitrogens is 2. The molecular weight excluding hydrogens is 254 g/mol. The number of likely N-dealkylation sites (tertiary alicyclic amines) is 1. The number of hydrogen-bond acceptors (Lipinski definition) is 3. The second-order valence-corrected chi connectivity index (χ2v) is 5.51. The van der Waals surface area contributed by atoms with Gasteiger partial charge in [0.25, 0.3) is 5.56 Å². The molecule has 0 N–H and O–H groups in total. The van der Waals surface area contributed by atoms with Crippen molar-refractivity contribution < 1.29 is 4.79 Å².